The van der Waals surface area contributed by atoms with Crippen molar-refractivity contribution in [3.05, 3.63) is 48.5 Å². The number of piperazine rings is 1. The van der Waals surface area contributed by atoms with Crippen molar-refractivity contribution in [3.63, 3.8) is 0 Å². The van der Waals surface area contributed by atoms with Gasteiger partial charge in [0.25, 0.3) is 10.0 Å². The van der Waals surface area contributed by atoms with Gasteiger partial charge in [-0.2, -0.15) is 0 Å². The van der Waals surface area contributed by atoms with Crippen LogP contribution in [0.4, 0.5) is 11.4 Å². The number of ether oxygens (including phenoxy) is 1. The van der Waals surface area contributed by atoms with E-state index in [1.165, 1.54) is 0 Å². The van der Waals surface area contributed by atoms with Crippen molar-refractivity contribution in [2.45, 2.75) is 11.8 Å². The van der Waals surface area contributed by atoms with Crippen LogP contribution in [0.5, 0.6) is 5.75 Å². The molecule has 0 atom stereocenters. The van der Waals surface area contributed by atoms with Gasteiger partial charge in [0, 0.05) is 0 Å². The van der Waals surface area contributed by atoms with Gasteiger partial charge < -0.3 is 14.5 Å². The van der Waals surface area contributed by atoms with Gasteiger partial charge >= 0.3 is 0 Å². The van der Waals surface area contributed by atoms with Gasteiger partial charge in [0.1, 0.15) is 5.75 Å². The monoisotopic (exact) mass is 376 g/mol. The van der Waals surface area contributed by atoms with Crippen molar-refractivity contribution in [3.8, 4) is 5.75 Å². The molecule has 0 unspecified atom stereocenters. The first-order valence-electron chi connectivity index (χ1n) is 8.88. The molecule has 0 radical (unpaired) electrons. The highest BCUT2D eigenvalue weighted by Gasteiger charge is 2.22. The molecular weight excluding hydrogens is 350 g/mol. The van der Waals surface area contributed by atoms with E-state index >= 15 is 0 Å². The maximum atomic E-state index is 12.8. The van der Waals surface area contributed by atoms with Crippen LogP contribution in [0.25, 0.3) is 0 Å². The molecule has 3 rings (SSSR count). The van der Waals surface area contributed by atoms with E-state index in [0.29, 0.717) is 11.4 Å². The summed E-state index contributed by atoms with van der Waals surface area (Å²) in [6, 6.07) is 14.0. The topological polar surface area (TPSA) is 63.1 Å². The average molecular weight is 377 g/mol. The standard InChI is InChI=1S/C19H25N3O3S/c1-3-21-12-14-22(15-13-21)19-7-5-4-6-18(19)20-26(23,24)17-10-8-16(25-2)9-11-17/h4-11,20H,3,12-15H2,1-2H3/p+1. The first kappa shape index (κ1) is 18.5. The SMILES string of the molecule is CC[NH+]1CCN(c2ccccc2NS(=O)(=O)c2ccc(OC)cc2)CC1. The van der Waals surface area contributed by atoms with Gasteiger partial charge in [-0.1, -0.05) is 12.1 Å². The summed E-state index contributed by atoms with van der Waals surface area (Å²) in [5.41, 5.74) is 1.54. The van der Waals surface area contributed by atoms with Crippen LogP contribution in [0.2, 0.25) is 0 Å². The van der Waals surface area contributed by atoms with Crippen LogP contribution >= 0.6 is 0 Å². The second-order valence-electron chi connectivity index (χ2n) is 6.39. The zero-order valence-electron chi connectivity index (χ0n) is 15.2. The van der Waals surface area contributed by atoms with Gasteiger partial charge in [-0.25, -0.2) is 8.42 Å². The average Bonchev–Trinajstić information content (AvgIpc) is 2.68. The smallest absolute Gasteiger partial charge is 0.261 e. The highest BCUT2D eigenvalue weighted by Crippen LogP contribution is 2.28. The van der Waals surface area contributed by atoms with Gasteiger partial charge in [-0.15, -0.1) is 0 Å². The molecular formula is C19H26N3O3S+. The summed E-state index contributed by atoms with van der Waals surface area (Å²) in [5, 5.41) is 0. The molecule has 0 aliphatic carbocycles. The zero-order valence-corrected chi connectivity index (χ0v) is 16.1. The summed E-state index contributed by atoms with van der Waals surface area (Å²) in [7, 11) is -2.10. The molecule has 26 heavy (non-hydrogen) atoms. The normalized spacial score (nSPS) is 15.7. The van der Waals surface area contributed by atoms with Crippen LogP contribution in [0.3, 0.4) is 0 Å². The van der Waals surface area contributed by atoms with Crippen LogP contribution in [0.1, 0.15) is 6.92 Å². The number of para-hydroxylation sites is 2. The Hall–Kier alpha value is -2.25. The van der Waals surface area contributed by atoms with E-state index in [1.807, 2.05) is 24.3 Å². The number of likely N-dealkylation sites (N-methyl/N-ethyl adjacent to an activating group) is 1. The predicted octanol–water partition coefficient (Wildman–Crippen LogP) is 1.22. The number of hydrogen-bond donors (Lipinski definition) is 2. The van der Waals surface area contributed by atoms with Gasteiger partial charge in [-0.3, -0.25) is 4.72 Å². The van der Waals surface area contributed by atoms with E-state index < -0.39 is 10.0 Å². The lowest BCUT2D eigenvalue weighted by molar-refractivity contribution is -0.898. The Morgan fingerprint density at radius 3 is 2.35 bits per heavy atom. The Kier molecular flexibility index (Phi) is 5.68. The summed E-state index contributed by atoms with van der Waals surface area (Å²) in [6.45, 7) is 7.29. The Morgan fingerprint density at radius 2 is 1.73 bits per heavy atom. The third kappa shape index (κ3) is 4.11. The third-order valence-electron chi connectivity index (χ3n) is 4.83. The fourth-order valence-corrected chi connectivity index (χ4v) is 4.29. The summed E-state index contributed by atoms with van der Waals surface area (Å²) in [4.78, 5) is 4.05. The number of nitrogens with zero attached hydrogens (tertiary/aromatic N) is 1. The van der Waals surface area contributed by atoms with Crippen molar-refractivity contribution >= 4 is 21.4 Å². The van der Waals surface area contributed by atoms with Crippen molar-refractivity contribution in [2.75, 3.05) is 49.5 Å². The largest absolute Gasteiger partial charge is 0.497 e. The Labute approximate surface area is 155 Å². The lowest BCUT2D eigenvalue weighted by atomic mass is 10.2. The lowest BCUT2D eigenvalue weighted by Gasteiger charge is -2.34. The molecule has 1 heterocycles. The van der Waals surface area contributed by atoms with E-state index in [9.17, 15) is 8.42 Å². The number of sulfonamides is 1. The Bertz CT molecular complexity index is 829. The first-order chi connectivity index (χ1) is 12.5. The maximum absolute atomic E-state index is 12.8. The maximum Gasteiger partial charge on any atom is 0.261 e. The molecule has 1 fully saturated rings. The molecule has 140 valence electrons. The molecule has 1 aliphatic heterocycles. The molecule has 0 spiro atoms. The number of rotatable bonds is 6. The van der Waals surface area contributed by atoms with Gasteiger partial charge in [-0.05, 0) is 43.3 Å². The van der Waals surface area contributed by atoms with Crippen LogP contribution in [-0.2, 0) is 10.0 Å². The minimum Gasteiger partial charge on any atom is -0.497 e. The van der Waals surface area contributed by atoms with Crippen LogP contribution in [-0.4, -0.2) is 48.3 Å². The van der Waals surface area contributed by atoms with E-state index in [1.54, 1.807) is 36.3 Å². The Balaban J connectivity index is 1.81. The molecule has 0 saturated carbocycles. The van der Waals surface area contributed by atoms with Gasteiger partial charge in [0.05, 0.1) is 56.1 Å². The second-order valence-corrected chi connectivity index (χ2v) is 8.07. The van der Waals surface area contributed by atoms with E-state index in [2.05, 4.69) is 16.5 Å². The molecule has 2 N–H and O–H groups in total. The van der Waals surface area contributed by atoms with Crippen molar-refractivity contribution < 1.29 is 18.1 Å². The molecule has 0 amide bonds. The number of methoxy groups -OCH3 is 1. The van der Waals surface area contributed by atoms with Gasteiger partial charge in [0.2, 0.25) is 0 Å². The molecule has 2 aromatic carbocycles. The zero-order chi connectivity index (χ0) is 18.6. The molecule has 6 nitrogen and oxygen atoms in total. The van der Waals surface area contributed by atoms with E-state index in [4.69, 9.17) is 4.74 Å². The molecule has 0 bridgehead atoms. The number of hydrogen-bond acceptors (Lipinski definition) is 4. The molecule has 1 aliphatic rings. The number of quaternary nitrogens is 1. The van der Waals surface area contributed by atoms with E-state index in [-0.39, 0.29) is 4.90 Å². The second kappa shape index (κ2) is 7.97. The van der Waals surface area contributed by atoms with Crippen LogP contribution in [0, 0.1) is 0 Å². The summed E-state index contributed by atoms with van der Waals surface area (Å²) in [6.07, 6.45) is 0. The fourth-order valence-electron chi connectivity index (χ4n) is 3.21. The number of nitrogens with one attached hydrogen (secondary N) is 2. The van der Waals surface area contributed by atoms with Crippen LogP contribution in [0.15, 0.2) is 53.4 Å². The Morgan fingerprint density at radius 1 is 1.08 bits per heavy atom. The highest BCUT2D eigenvalue weighted by molar-refractivity contribution is 7.92. The number of benzene rings is 2. The van der Waals surface area contributed by atoms with Crippen molar-refractivity contribution in [2.24, 2.45) is 0 Å². The number of anilines is 2. The van der Waals surface area contributed by atoms with Crippen molar-refractivity contribution in [1.82, 2.24) is 0 Å². The predicted molar refractivity (Wildman–Crippen MR) is 104 cm³/mol. The minimum absolute atomic E-state index is 0.216. The first-order valence-corrected chi connectivity index (χ1v) is 10.4. The summed E-state index contributed by atoms with van der Waals surface area (Å²) >= 11 is 0. The van der Waals surface area contributed by atoms with E-state index in [0.717, 1.165) is 38.4 Å². The third-order valence-corrected chi connectivity index (χ3v) is 6.21. The van der Waals surface area contributed by atoms with Crippen LogP contribution < -0.4 is 19.3 Å². The quantitative estimate of drug-likeness (QED) is 0.796. The highest BCUT2D eigenvalue weighted by atomic mass is 32.2. The summed E-state index contributed by atoms with van der Waals surface area (Å²) in [5.74, 6) is 0.626. The minimum atomic E-state index is -3.65. The lowest BCUT2D eigenvalue weighted by Crippen LogP contribution is -3.14. The molecule has 1 saturated heterocycles. The summed E-state index contributed by atoms with van der Waals surface area (Å²) < 4.78 is 33.4. The molecule has 2 aromatic rings. The van der Waals surface area contributed by atoms with Crippen molar-refractivity contribution in [1.29, 1.82) is 0 Å². The fraction of sp³-hybridized carbons (Fsp3) is 0.368. The van der Waals surface area contributed by atoms with Gasteiger partial charge in [0.15, 0.2) is 0 Å². The molecule has 0 aromatic heterocycles. The molecule has 7 heteroatoms.